The van der Waals surface area contributed by atoms with Gasteiger partial charge in [0.15, 0.2) is 0 Å². The Bertz CT molecular complexity index is 721. The maximum atomic E-state index is 13.3. The lowest BCUT2D eigenvalue weighted by Gasteiger charge is -2.39. The average Bonchev–Trinajstić information content (AvgIpc) is 2.77. The van der Waals surface area contributed by atoms with E-state index in [1.165, 1.54) is 12.1 Å². The second-order valence-electron chi connectivity index (χ2n) is 8.61. The van der Waals surface area contributed by atoms with E-state index in [1.54, 1.807) is 12.1 Å². The van der Waals surface area contributed by atoms with Gasteiger partial charge in [-0.2, -0.15) is 13.2 Å². The minimum absolute atomic E-state index is 0. The summed E-state index contributed by atoms with van der Waals surface area (Å²) in [7, 11) is 0. The number of halogens is 4. The summed E-state index contributed by atoms with van der Waals surface area (Å²) in [5.41, 5.74) is -0.181. The standard InChI is InChI=1S/C23H34F3N3O2.ClH/c1-3-27(18(2)16-20-6-4-5-7-21(20)23(24,25)26)17-19-8-10-28(11-9-19)22(30)29-12-14-31-15-13-29;/h4-7,18-19H,3,8-17H2,1-2H3;1H. The first-order valence-corrected chi connectivity index (χ1v) is 11.3. The van der Waals surface area contributed by atoms with Crippen LogP contribution >= 0.6 is 12.4 Å². The molecule has 1 aromatic carbocycles. The van der Waals surface area contributed by atoms with Crippen molar-refractivity contribution in [2.24, 2.45) is 5.92 Å². The minimum atomic E-state index is -4.33. The van der Waals surface area contributed by atoms with Gasteiger partial charge >= 0.3 is 12.2 Å². The monoisotopic (exact) mass is 477 g/mol. The summed E-state index contributed by atoms with van der Waals surface area (Å²) in [5, 5.41) is 0. The molecule has 0 aromatic heterocycles. The molecule has 182 valence electrons. The summed E-state index contributed by atoms with van der Waals surface area (Å²) in [6.07, 6.45) is -2.10. The second kappa shape index (κ2) is 12.1. The van der Waals surface area contributed by atoms with Crippen LogP contribution in [0.1, 0.15) is 37.8 Å². The van der Waals surface area contributed by atoms with Crippen LogP contribution in [0.4, 0.5) is 18.0 Å². The number of nitrogens with zero attached hydrogens (tertiary/aromatic N) is 3. The molecule has 0 N–H and O–H groups in total. The number of alkyl halides is 3. The highest BCUT2D eigenvalue weighted by atomic mass is 35.5. The Labute approximate surface area is 195 Å². The number of hydrogen-bond acceptors (Lipinski definition) is 3. The van der Waals surface area contributed by atoms with Crippen LogP contribution in [0, 0.1) is 5.92 Å². The van der Waals surface area contributed by atoms with Gasteiger partial charge in [0.25, 0.3) is 0 Å². The molecule has 1 atom stereocenters. The molecule has 1 aromatic rings. The van der Waals surface area contributed by atoms with E-state index in [0.717, 1.165) is 39.0 Å². The number of hydrogen-bond donors (Lipinski definition) is 0. The summed E-state index contributed by atoms with van der Waals surface area (Å²) in [6.45, 7) is 9.70. The van der Waals surface area contributed by atoms with Gasteiger partial charge in [0.05, 0.1) is 18.8 Å². The predicted octanol–water partition coefficient (Wildman–Crippen LogP) is 4.54. The molecule has 2 fully saturated rings. The van der Waals surface area contributed by atoms with Gasteiger partial charge in [0, 0.05) is 38.8 Å². The number of amides is 2. The number of carbonyl (C=O) groups is 1. The molecule has 2 heterocycles. The Morgan fingerprint density at radius 1 is 1.12 bits per heavy atom. The van der Waals surface area contributed by atoms with Gasteiger partial charge in [-0.15, -0.1) is 12.4 Å². The van der Waals surface area contributed by atoms with Gasteiger partial charge in [0.1, 0.15) is 0 Å². The third-order valence-electron chi connectivity index (χ3n) is 6.53. The third kappa shape index (κ3) is 6.99. The Balaban J connectivity index is 0.00000363. The zero-order valence-corrected chi connectivity index (χ0v) is 19.8. The fourth-order valence-electron chi connectivity index (χ4n) is 4.64. The molecular formula is C23H35ClF3N3O2. The largest absolute Gasteiger partial charge is 0.416 e. The van der Waals surface area contributed by atoms with Crippen LogP contribution in [0.15, 0.2) is 24.3 Å². The number of likely N-dealkylation sites (N-methyl/N-ethyl adjacent to an activating group) is 1. The lowest BCUT2D eigenvalue weighted by Crippen LogP contribution is -2.51. The lowest BCUT2D eigenvalue weighted by molar-refractivity contribution is -0.138. The van der Waals surface area contributed by atoms with E-state index in [0.29, 0.717) is 44.2 Å². The van der Waals surface area contributed by atoms with Crippen LogP contribution in [0.25, 0.3) is 0 Å². The van der Waals surface area contributed by atoms with Crippen LogP contribution in [-0.2, 0) is 17.3 Å². The summed E-state index contributed by atoms with van der Waals surface area (Å²) in [5.74, 6) is 0.453. The summed E-state index contributed by atoms with van der Waals surface area (Å²) < 4.78 is 45.3. The topological polar surface area (TPSA) is 36.0 Å². The number of piperidine rings is 1. The molecular weight excluding hydrogens is 443 g/mol. The van der Waals surface area contributed by atoms with Crippen molar-refractivity contribution in [1.29, 1.82) is 0 Å². The van der Waals surface area contributed by atoms with Gasteiger partial charge in [-0.05, 0) is 50.3 Å². The van der Waals surface area contributed by atoms with Crippen molar-refractivity contribution < 1.29 is 22.7 Å². The third-order valence-corrected chi connectivity index (χ3v) is 6.53. The number of likely N-dealkylation sites (tertiary alicyclic amines) is 1. The van der Waals surface area contributed by atoms with Crippen molar-refractivity contribution in [3.63, 3.8) is 0 Å². The highest BCUT2D eigenvalue weighted by Gasteiger charge is 2.34. The maximum absolute atomic E-state index is 13.3. The normalized spacial score (nSPS) is 19.1. The Hall–Kier alpha value is -1.51. The SMILES string of the molecule is CCN(CC1CCN(C(=O)N2CCOCC2)CC1)C(C)Cc1ccccc1C(F)(F)F.Cl. The van der Waals surface area contributed by atoms with Gasteiger partial charge in [-0.3, -0.25) is 0 Å². The Morgan fingerprint density at radius 2 is 1.72 bits per heavy atom. The first-order chi connectivity index (χ1) is 14.8. The summed E-state index contributed by atoms with van der Waals surface area (Å²) in [6, 6.07) is 5.99. The van der Waals surface area contributed by atoms with E-state index in [9.17, 15) is 18.0 Å². The van der Waals surface area contributed by atoms with Gasteiger partial charge in [0.2, 0.25) is 0 Å². The number of morpholine rings is 1. The molecule has 2 aliphatic rings. The zero-order chi connectivity index (χ0) is 22.4. The second-order valence-corrected chi connectivity index (χ2v) is 8.61. The van der Waals surface area contributed by atoms with Crippen molar-refractivity contribution in [3.8, 4) is 0 Å². The molecule has 1 unspecified atom stereocenters. The zero-order valence-electron chi connectivity index (χ0n) is 18.9. The van der Waals surface area contributed by atoms with Crippen LogP contribution in [0.3, 0.4) is 0 Å². The molecule has 0 aliphatic carbocycles. The minimum Gasteiger partial charge on any atom is -0.378 e. The molecule has 2 amide bonds. The molecule has 0 spiro atoms. The number of carbonyl (C=O) groups excluding carboxylic acids is 1. The summed E-state index contributed by atoms with van der Waals surface area (Å²) in [4.78, 5) is 18.7. The number of benzene rings is 1. The van der Waals surface area contributed by atoms with E-state index in [2.05, 4.69) is 11.8 Å². The molecule has 0 bridgehead atoms. The number of ether oxygens (including phenoxy) is 1. The van der Waals surface area contributed by atoms with Crippen molar-refractivity contribution >= 4 is 18.4 Å². The maximum Gasteiger partial charge on any atom is 0.416 e. The van der Waals surface area contributed by atoms with E-state index in [-0.39, 0.29) is 24.5 Å². The van der Waals surface area contributed by atoms with Crippen molar-refractivity contribution in [1.82, 2.24) is 14.7 Å². The molecule has 2 aliphatic heterocycles. The average molecular weight is 478 g/mol. The molecule has 3 rings (SSSR count). The molecule has 9 heteroatoms. The fraction of sp³-hybridized carbons (Fsp3) is 0.696. The first-order valence-electron chi connectivity index (χ1n) is 11.3. The highest BCUT2D eigenvalue weighted by molar-refractivity contribution is 5.85. The van der Waals surface area contributed by atoms with Gasteiger partial charge in [-0.1, -0.05) is 25.1 Å². The van der Waals surface area contributed by atoms with E-state index >= 15 is 0 Å². The van der Waals surface area contributed by atoms with Gasteiger partial charge < -0.3 is 19.4 Å². The van der Waals surface area contributed by atoms with Crippen molar-refractivity contribution in [2.45, 2.75) is 45.3 Å². The Morgan fingerprint density at radius 3 is 2.31 bits per heavy atom. The van der Waals surface area contributed by atoms with E-state index < -0.39 is 11.7 Å². The Kier molecular flexibility index (Phi) is 10.1. The van der Waals surface area contributed by atoms with Crippen LogP contribution in [0.5, 0.6) is 0 Å². The quantitative estimate of drug-likeness (QED) is 0.603. The van der Waals surface area contributed by atoms with Crippen LogP contribution in [0.2, 0.25) is 0 Å². The van der Waals surface area contributed by atoms with E-state index in [4.69, 9.17) is 4.74 Å². The number of urea groups is 1. The fourth-order valence-corrected chi connectivity index (χ4v) is 4.64. The molecule has 0 saturated carbocycles. The predicted molar refractivity (Wildman–Crippen MR) is 121 cm³/mol. The molecule has 0 radical (unpaired) electrons. The van der Waals surface area contributed by atoms with E-state index in [1.807, 2.05) is 16.7 Å². The van der Waals surface area contributed by atoms with Crippen molar-refractivity contribution in [2.75, 3.05) is 52.5 Å². The van der Waals surface area contributed by atoms with Crippen molar-refractivity contribution in [3.05, 3.63) is 35.4 Å². The van der Waals surface area contributed by atoms with Crippen LogP contribution < -0.4 is 0 Å². The summed E-state index contributed by atoms with van der Waals surface area (Å²) >= 11 is 0. The van der Waals surface area contributed by atoms with Crippen LogP contribution in [-0.4, -0.2) is 79.3 Å². The smallest absolute Gasteiger partial charge is 0.378 e. The first kappa shape index (κ1) is 26.7. The highest BCUT2D eigenvalue weighted by Crippen LogP contribution is 2.33. The molecule has 2 saturated heterocycles. The van der Waals surface area contributed by atoms with Gasteiger partial charge in [-0.25, -0.2) is 4.79 Å². The molecule has 32 heavy (non-hydrogen) atoms. The number of rotatable bonds is 6. The lowest BCUT2D eigenvalue weighted by atomic mass is 9.94. The molecule has 5 nitrogen and oxygen atoms in total.